The summed E-state index contributed by atoms with van der Waals surface area (Å²) < 4.78 is 0. The van der Waals surface area contributed by atoms with Crippen LogP contribution in [0, 0.1) is 11.3 Å². The molecule has 1 aliphatic carbocycles. The van der Waals surface area contributed by atoms with Gasteiger partial charge in [-0.15, -0.1) is 0 Å². The zero-order valence-electron chi connectivity index (χ0n) is 10.4. The minimum absolute atomic E-state index is 0.0658. The van der Waals surface area contributed by atoms with Crippen molar-refractivity contribution in [3.8, 4) is 0 Å². The predicted octanol–water partition coefficient (Wildman–Crippen LogP) is 1.10. The largest absolute Gasteiger partial charge is 0.392 e. The van der Waals surface area contributed by atoms with Gasteiger partial charge in [0.25, 0.3) is 0 Å². The van der Waals surface area contributed by atoms with Gasteiger partial charge >= 0.3 is 0 Å². The maximum atomic E-state index is 10.1. The second-order valence-corrected chi connectivity index (χ2v) is 5.80. The number of likely N-dealkylation sites (N-methyl/N-ethyl adjacent to an activating group) is 1. The molecule has 0 amide bonds. The first-order valence-electron chi connectivity index (χ1n) is 5.87. The summed E-state index contributed by atoms with van der Waals surface area (Å²) in [6, 6.07) is 0. The van der Waals surface area contributed by atoms with Gasteiger partial charge in [-0.2, -0.15) is 0 Å². The number of hydrogen-bond acceptors (Lipinski definition) is 3. The summed E-state index contributed by atoms with van der Waals surface area (Å²) in [7, 11) is 2.00. The van der Waals surface area contributed by atoms with Gasteiger partial charge in [0.1, 0.15) is 0 Å². The van der Waals surface area contributed by atoms with E-state index in [0.29, 0.717) is 12.5 Å². The van der Waals surface area contributed by atoms with Gasteiger partial charge in [-0.3, -0.25) is 0 Å². The van der Waals surface area contributed by atoms with Crippen LogP contribution in [0.1, 0.15) is 33.6 Å². The molecular weight excluding hydrogens is 190 g/mol. The van der Waals surface area contributed by atoms with Gasteiger partial charge in [-0.05, 0) is 38.1 Å². The molecule has 90 valence electrons. The van der Waals surface area contributed by atoms with Crippen molar-refractivity contribution in [3.63, 3.8) is 0 Å². The third-order valence-corrected chi connectivity index (χ3v) is 3.53. The van der Waals surface area contributed by atoms with Gasteiger partial charge in [0.15, 0.2) is 0 Å². The molecule has 3 atom stereocenters. The van der Waals surface area contributed by atoms with Crippen molar-refractivity contribution in [2.24, 2.45) is 11.3 Å². The van der Waals surface area contributed by atoms with Crippen LogP contribution in [-0.2, 0) is 0 Å². The molecule has 0 aromatic carbocycles. The molecule has 0 aromatic rings. The first-order chi connectivity index (χ1) is 6.83. The van der Waals surface area contributed by atoms with E-state index < -0.39 is 0 Å². The molecule has 0 radical (unpaired) electrons. The Hall–Kier alpha value is -0.120. The lowest BCUT2D eigenvalue weighted by molar-refractivity contribution is 0.0305. The topological polar surface area (TPSA) is 43.7 Å². The highest BCUT2D eigenvalue weighted by Crippen LogP contribution is 2.41. The van der Waals surface area contributed by atoms with Crippen LogP contribution in [0.25, 0.3) is 0 Å². The average Bonchev–Trinajstić information content (AvgIpc) is 2.30. The van der Waals surface area contributed by atoms with Crippen LogP contribution in [0.5, 0.6) is 0 Å². The molecule has 3 unspecified atom stereocenters. The summed E-state index contributed by atoms with van der Waals surface area (Å²) in [5.74, 6) is 0.365. The summed E-state index contributed by atoms with van der Waals surface area (Å²) in [6.45, 7) is 7.63. The Labute approximate surface area is 93.1 Å². The van der Waals surface area contributed by atoms with E-state index >= 15 is 0 Å². The first kappa shape index (κ1) is 12.9. The molecule has 15 heavy (non-hydrogen) atoms. The molecule has 1 fully saturated rings. The fraction of sp³-hybridized carbons (Fsp3) is 1.00. The first-order valence-corrected chi connectivity index (χ1v) is 5.87. The van der Waals surface area contributed by atoms with Crippen LogP contribution >= 0.6 is 0 Å². The number of aliphatic hydroxyl groups is 2. The second kappa shape index (κ2) is 4.81. The van der Waals surface area contributed by atoms with Crippen LogP contribution in [0.3, 0.4) is 0 Å². The standard InChI is InChI=1S/C12H25NO2/c1-9(14)7-13(4)8-10-5-6-12(2,3)11(10)15/h9-11,14-15H,5-8H2,1-4H3. The van der Waals surface area contributed by atoms with Crippen molar-refractivity contribution >= 4 is 0 Å². The molecule has 0 bridgehead atoms. The van der Waals surface area contributed by atoms with Gasteiger partial charge in [-0.1, -0.05) is 13.8 Å². The summed E-state index contributed by atoms with van der Waals surface area (Å²) in [6.07, 6.45) is 1.70. The molecule has 0 saturated heterocycles. The highest BCUT2D eigenvalue weighted by molar-refractivity contribution is 4.91. The SMILES string of the molecule is CC(O)CN(C)CC1CCC(C)(C)C1O. The minimum atomic E-state index is -0.290. The number of hydrogen-bond donors (Lipinski definition) is 2. The fourth-order valence-corrected chi connectivity index (χ4v) is 2.62. The van der Waals surface area contributed by atoms with Gasteiger partial charge in [-0.25, -0.2) is 0 Å². The van der Waals surface area contributed by atoms with E-state index in [1.807, 2.05) is 7.05 Å². The Balaban J connectivity index is 2.40. The fourth-order valence-electron chi connectivity index (χ4n) is 2.62. The molecule has 2 N–H and O–H groups in total. The van der Waals surface area contributed by atoms with Crippen LogP contribution < -0.4 is 0 Å². The molecule has 0 aromatic heterocycles. The van der Waals surface area contributed by atoms with Crippen molar-refractivity contribution in [2.45, 2.75) is 45.8 Å². The van der Waals surface area contributed by atoms with Crippen molar-refractivity contribution in [1.29, 1.82) is 0 Å². The van der Waals surface area contributed by atoms with E-state index in [1.54, 1.807) is 6.92 Å². The molecular formula is C12H25NO2. The van der Waals surface area contributed by atoms with E-state index in [4.69, 9.17) is 0 Å². The molecule has 0 aliphatic heterocycles. The average molecular weight is 215 g/mol. The zero-order valence-corrected chi connectivity index (χ0v) is 10.4. The molecule has 0 heterocycles. The molecule has 3 heteroatoms. The van der Waals surface area contributed by atoms with Crippen molar-refractivity contribution in [2.75, 3.05) is 20.1 Å². The summed E-state index contributed by atoms with van der Waals surface area (Å²) >= 11 is 0. The maximum Gasteiger partial charge on any atom is 0.0638 e. The van der Waals surface area contributed by atoms with Crippen molar-refractivity contribution < 1.29 is 10.2 Å². The molecule has 3 nitrogen and oxygen atoms in total. The van der Waals surface area contributed by atoms with E-state index in [1.165, 1.54) is 0 Å². The van der Waals surface area contributed by atoms with Crippen molar-refractivity contribution in [3.05, 3.63) is 0 Å². The zero-order chi connectivity index (χ0) is 11.6. The quantitative estimate of drug-likeness (QED) is 0.738. The molecule has 1 rings (SSSR count). The smallest absolute Gasteiger partial charge is 0.0638 e. The minimum Gasteiger partial charge on any atom is -0.392 e. The van der Waals surface area contributed by atoms with Crippen molar-refractivity contribution in [1.82, 2.24) is 4.90 Å². The number of rotatable bonds is 4. The molecule has 0 spiro atoms. The van der Waals surface area contributed by atoms with E-state index in [2.05, 4.69) is 18.7 Å². The van der Waals surface area contributed by atoms with Gasteiger partial charge in [0, 0.05) is 13.1 Å². The number of aliphatic hydroxyl groups excluding tert-OH is 2. The third kappa shape index (κ3) is 3.44. The summed E-state index contributed by atoms with van der Waals surface area (Å²) in [5, 5.41) is 19.4. The third-order valence-electron chi connectivity index (χ3n) is 3.53. The van der Waals surface area contributed by atoms with Crippen LogP contribution in [0.2, 0.25) is 0 Å². The Bertz CT molecular complexity index is 204. The van der Waals surface area contributed by atoms with Gasteiger partial charge in [0.2, 0.25) is 0 Å². The summed E-state index contributed by atoms with van der Waals surface area (Å²) in [4.78, 5) is 2.11. The van der Waals surface area contributed by atoms with E-state index in [0.717, 1.165) is 19.4 Å². The predicted molar refractivity (Wildman–Crippen MR) is 61.7 cm³/mol. The van der Waals surface area contributed by atoms with Gasteiger partial charge < -0.3 is 15.1 Å². The lowest BCUT2D eigenvalue weighted by Gasteiger charge is -2.28. The Morgan fingerprint density at radius 1 is 1.47 bits per heavy atom. The number of nitrogens with zero attached hydrogens (tertiary/aromatic N) is 1. The Kier molecular flexibility index (Phi) is 4.15. The Morgan fingerprint density at radius 3 is 2.47 bits per heavy atom. The van der Waals surface area contributed by atoms with Crippen LogP contribution in [0.4, 0.5) is 0 Å². The maximum absolute atomic E-state index is 10.1. The van der Waals surface area contributed by atoms with Gasteiger partial charge in [0.05, 0.1) is 12.2 Å². The van der Waals surface area contributed by atoms with E-state index in [9.17, 15) is 10.2 Å². The highest BCUT2D eigenvalue weighted by atomic mass is 16.3. The lowest BCUT2D eigenvalue weighted by atomic mass is 9.87. The molecule has 1 saturated carbocycles. The monoisotopic (exact) mass is 215 g/mol. The lowest BCUT2D eigenvalue weighted by Crippen LogP contribution is -2.37. The molecule has 1 aliphatic rings. The van der Waals surface area contributed by atoms with Crippen LogP contribution in [0.15, 0.2) is 0 Å². The van der Waals surface area contributed by atoms with Crippen LogP contribution in [-0.4, -0.2) is 47.5 Å². The normalized spacial score (nSPS) is 32.2. The highest BCUT2D eigenvalue weighted by Gasteiger charge is 2.40. The second-order valence-electron chi connectivity index (χ2n) is 5.80. The van der Waals surface area contributed by atoms with E-state index in [-0.39, 0.29) is 17.6 Å². The summed E-state index contributed by atoms with van der Waals surface area (Å²) in [5.41, 5.74) is 0.0658. The Morgan fingerprint density at radius 2 is 2.07 bits per heavy atom.